The van der Waals surface area contributed by atoms with Crippen molar-refractivity contribution >= 4 is 0 Å². The molecule has 2 N–H and O–H groups in total. The molecule has 0 amide bonds. The molecule has 1 heterocycles. The fourth-order valence-corrected chi connectivity index (χ4v) is 3.47. The number of likely N-dealkylation sites (tertiary alicyclic amines) is 1. The largest absolute Gasteiger partial charge is 0.394 e. The van der Waals surface area contributed by atoms with Crippen LogP contribution in [0, 0.1) is 5.92 Å². The van der Waals surface area contributed by atoms with E-state index in [4.69, 9.17) is 4.74 Å². The van der Waals surface area contributed by atoms with Crippen LogP contribution in [0.5, 0.6) is 0 Å². The van der Waals surface area contributed by atoms with Crippen molar-refractivity contribution in [3.05, 3.63) is 0 Å². The molecule has 0 spiro atoms. The second kappa shape index (κ2) is 7.21. The van der Waals surface area contributed by atoms with Crippen molar-refractivity contribution in [2.75, 3.05) is 33.4 Å². The summed E-state index contributed by atoms with van der Waals surface area (Å²) in [4.78, 5) is 2.58. The van der Waals surface area contributed by atoms with Gasteiger partial charge in [0.05, 0.1) is 6.61 Å². The van der Waals surface area contributed by atoms with Gasteiger partial charge in [-0.2, -0.15) is 0 Å². The summed E-state index contributed by atoms with van der Waals surface area (Å²) in [5.41, 5.74) is -0.121. The molecular formula is C16H32N2O2. The molecule has 0 aromatic rings. The molecule has 0 bridgehead atoms. The maximum atomic E-state index is 9.72. The van der Waals surface area contributed by atoms with Gasteiger partial charge in [-0.15, -0.1) is 0 Å². The Kier molecular flexibility index (Phi) is 5.84. The van der Waals surface area contributed by atoms with E-state index in [-0.39, 0.29) is 12.1 Å². The number of nitrogens with zero attached hydrogens (tertiary/aromatic N) is 1. The number of hydrogen-bond acceptors (Lipinski definition) is 4. The molecule has 1 saturated carbocycles. The molecule has 1 saturated heterocycles. The van der Waals surface area contributed by atoms with E-state index in [9.17, 15) is 5.11 Å². The number of nitrogens with one attached hydrogen (secondary N) is 1. The standard InChI is InChI=1S/C16H32N2O2/c1-13(10-16(2,12-19)17-15-4-5-15)18-8-6-14(7-9-18)11-20-3/h13-15,17,19H,4-12H2,1-3H3. The van der Waals surface area contributed by atoms with Crippen LogP contribution in [0.3, 0.4) is 0 Å². The van der Waals surface area contributed by atoms with Crippen LogP contribution in [-0.2, 0) is 4.74 Å². The predicted molar refractivity (Wildman–Crippen MR) is 81.9 cm³/mol. The highest BCUT2D eigenvalue weighted by molar-refractivity contribution is 4.94. The SMILES string of the molecule is COCC1CCN(C(C)CC(C)(CO)NC2CC2)CC1. The first-order valence-corrected chi connectivity index (χ1v) is 8.18. The highest BCUT2D eigenvalue weighted by atomic mass is 16.5. The van der Waals surface area contributed by atoms with E-state index in [0.29, 0.717) is 12.1 Å². The first-order valence-electron chi connectivity index (χ1n) is 8.18. The fourth-order valence-electron chi connectivity index (χ4n) is 3.47. The Morgan fingerprint density at radius 2 is 1.95 bits per heavy atom. The number of rotatable bonds is 8. The van der Waals surface area contributed by atoms with Crippen molar-refractivity contribution in [1.82, 2.24) is 10.2 Å². The summed E-state index contributed by atoms with van der Waals surface area (Å²) in [6.07, 6.45) is 6.04. The van der Waals surface area contributed by atoms with Gasteiger partial charge in [0.15, 0.2) is 0 Å². The van der Waals surface area contributed by atoms with Crippen molar-refractivity contribution in [2.24, 2.45) is 5.92 Å². The van der Waals surface area contributed by atoms with Crippen molar-refractivity contribution in [3.63, 3.8) is 0 Å². The maximum Gasteiger partial charge on any atom is 0.0611 e. The molecule has 1 aliphatic heterocycles. The van der Waals surface area contributed by atoms with E-state index >= 15 is 0 Å². The van der Waals surface area contributed by atoms with Gasteiger partial charge in [-0.3, -0.25) is 0 Å². The lowest BCUT2D eigenvalue weighted by Crippen LogP contribution is -2.52. The van der Waals surface area contributed by atoms with Crippen LogP contribution in [0.4, 0.5) is 0 Å². The van der Waals surface area contributed by atoms with Gasteiger partial charge in [-0.25, -0.2) is 0 Å². The molecule has 118 valence electrons. The van der Waals surface area contributed by atoms with Crippen LogP contribution in [-0.4, -0.2) is 61.0 Å². The number of aliphatic hydroxyl groups excluding tert-OH is 1. The third kappa shape index (κ3) is 4.69. The zero-order valence-electron chi connectivity index (χ0n) is 13.4. The van der Waals surface area contributed by atoms with Crippen LogP contribution >= 0.6 is 0 Å². The molecule has 2 unspecified atom stereocenters. The Labute approximate surface area is 123 Å². The van der Waals surface area contributed by atoms with E-state index in [1.807, 2.05) is 0 Å². The molecule has 0 radical (unpaired) electrons. The normalized spacial score (nSPS) is 26.4. The molecule has 4 heteroatoms. The first kappa shape index (κ1) is 16.2. The number of aliphatic hydroxyl groups is 1. The summed E-state index contributed by atoms with van der Waals surface area (Å²) < 4.78 is 5.26. The van der Waals surface area contributed by atoms with Gasteiger partial charge in [0, 0.05) is 31.3 Å². The van der Waals surface area contributed by atoms with Crippen LogP contribution in [0.1, 0.15) is 46.0 Å². The van der Waals surface area contributed by atoms with Crippen LogP contribution < -0.4 is 5.32 Å². The Morgan fingerprint density at radius 3 is 2.45 bits per heavy atom. The summed E-state index contributed by atoms with van der Waals surface area (Å²) >= 11 is 0. The molecule has 2 aliphatic rings. The quantitative estimate of drug-likeness (QED) is 0.711. The summed E-state index contributed by atoms with van der Waals surface area (Å²) in [5.74, 6) is 0.734. The third-order valence-corrected chi connectivity index (χ3v) is 4.90. The monoisotopic (exact) mass is 284 g/mol. The minimum absolute atomic E-state index is 0.121. The van der Waals surface area contributed by atoms with E-state index in [0.717, 1.165) is 18.9 Å². The predicted octanol–water partition coefficient (Wildman–Crippen LogP) is 1.63. The van der Waals surface area contributed by atoms with Gasteiger partial charge < -0.3 is 20.1 Å². The van der Waals surface area contributed by atoms with Gasteiger partial charge >= 0.3 is 0 Å². The number of ether oxygens (including phenoxy) is 1. The van der Waals surface area contributed by atoms with Gasteiger partial charge in [-0.1, -0.05) is 0 Å². The topological polar surface area (TPSA) is 44.7 Å². The van der Waals surface area contributed by atoms with E-state index < -0.39 is 0 Å². The smallest absolute Gasteiger partial charge is 0.0611 e. The second-order valence-corrected chi connectivity index (χ2v) is 7.13. The van der Waals surface area contributed by atoms with Crippen molar-refractivity contribution < 1.29 is 9.84 Å². The molecule has 20 heavy (non-hydrogen) atoms. The molecular weight excluding hydrogens is 252 g/mol. The number of piperidine rings is 1. The third-order valence-electron chi connectivity index (χ3n) is 4.90. The maximum absolute atomic E-state index is 9.72. The number of hydrogen-bond donors (Lipinski definition) is 2. The molecule has 2 atom stereocenters. The molecule has 0 aromatic heterocycles. The van der Waals surface area contributed by atoms with E-state index in [1.165, 1.54) is 38.8 Å². The Bertz CT molecular complexity index is 288. The molecule has 4 nitrogen and oxygen atoms in total. The molecule has 2 rings (SSSR count). The highest BCUT2D eigenvalue weighted by Crippen LogP contribution is 2.27. The summed E-state index contributed by atoms with van der Waals surface area (Å²) in [6, 6.07) is 1.17. The second-order valence-electron chi connectivity index (χ2n) is 7.13. The van der Waals surface area contributed by atoms with Crippen LogP contribution in [0.2, 0.25) is 0 Å². The lowest BCUT2D eigenvalue weighted by atomic mass is 9.91. The highest BCUT2D eigenvalue weighted by Gasteiger charge is 2.34. The van der Waals surface area contributed by atoms with Gasteiger partial charge in [0.2, 0.25) is 0 Å². The lowest BCUT2D eigenvalue weighted by Gasteiger charge is -2.40. The van der Waals surface area contributed by atoms with Crippen molar-refractivity contribution in [3.8, 4) is 0 Å². The summed E-state index contributed by atoms with van der Waals surface area (Å²) in [6.45, 7) is 7.94. The molecule has 0 aromatic carbocycles. The first-order chi connectivity index (χ1) is 9.56. The average Bonchev–Trinajstić information content (AvgIpc) is 3.23. The summed E-state index contributed by atoms with van der Waals surface area (Å²) in [5, 5.41) is 13.3. The van der Waals surface area contributed by atoms with E-state index in [2.05, 4.69) is 24.1 Å². The van der Waals surface area contributed by atoms with Gasteiger partial charge in [0.25, 0.3) is 0 Å². The fraction of sp³-hybridized carbons (Fsp3) is 1.00. The number of methoxy groups -OCH3 is 1. The van der Waals surface area contributed by atoms with Crippen molar-refractivity contribution in [1.29, 1.82) is 0 Å². The van der Waals surface area contributed by atoms with Gasteiger partial charge in [0.1, 0.15) is 0 Å². The molecule has 1 aliphatic carbocycles. The Morgan fingerprint density at radius 1 is 1.30 bits per heavy atom. The Balaban J connectivity index is 1.77. The van der Waals surface area contributed by atoms with E-state index in [1.54, 1.807) is 7.11 Å². The zero-order valence-corrected chi connectivity index (χ0v) is 13.4. The zero-order chi connectivity index (χ0) is 14.6. The lowest BCUT2D eigenvalue weighted by molar-refractivity contribution is 0.0638. The van der Waals surface area contributed by atoms with Crippen molar-refractivity contribution in [2.45, 2.75) is 63.6 Å². The van der Waals surface area contributed by atoms with Crippen LogP contribution in [0.15, 0.2) is 0 Å². The van der Waals surface area contributed by atoms with Gasteiger partial charge in [-0.05, 0) is 65.0 Å². The summed E-state index contributed by atoms with van der Waals surface area (Å²) in [7, 11) is 1.80. The van der Waals surface area contributed by atoms with Crippen LogP contribution in [0.25, 0.3) is 0 Å². The minimum atomic E-state index is -0.121. The Hall–Kier alpha value is -0.160. The molecule has 2 fully saturated rings. The minimum Gasteiger partial charge on any atom is -0.394 e. The average molecular weight is 284 g/mol.